The van der Waals surface area contributed by atoms with Crippen molar-refractivity contribution in [1.29, 1.82) is 0 Å². The van der Waals surface area contributed by atoms with Crippen LogP contribution >= 0.6 is 0 Å². The van der Waals surface area contributed by atoms with E-state index in [1.165, 1.54) is 57.1 Å². The third kappa shape index (κ3) is 12.4. The predicted molar refractivity (Wildman–Crippen MR) is 102 cm³/mol. The highest BCUT2D eigenvalue weighted by Gasteiger charge is 2.17. The molecule has 0 aromatic heterocycles. The zero-order chi connectivity index (χ0) is 20.5. The first-order valence-corrected chi connectivity index (χ1v) is 11.3. The molecule has 0 aliphatic carbocycles. The fourth-order valence-corrected chi connectivity index (χ4v) is 3.16. The molecule has 0 radical (unpaired) electrons. The van der Waals surface area contributed by atoms with Crippen LogP contribution in [0.3, 0.4) is 0 Å². The van der Waals surface area contributed by atoms with E-state index in [9.17, 15) is 8.42 Å². The summed E-state index contributed by atoms with van der Waals surface area (Å²) in [5, 5.41) is 16.2. The average Bonchev–Trinajstić information content (AvgIpc) is 2.68. The fourth-order valence-electron chi connectivity index (χ4n) is 2.52. The topological polar surface area (TPSA) is 89.5 Å². The van der Waals surface area contributed by atoms with E-state index in [0.29, 0.717) is 6.61 Å². The second-order valence-corrected chi connectivity index (χ2v) is 8.13. The molecule has 0 unspecified atom stereocenters. The molecule has 28 heavy (non-hydrogen) atoms. The molecule has 0 heterocycles. The summed E-state index contributed by atoms with van der Waals surface area (Å²) >= 11 is 0. The summed E-state index contributed by atoms with van der Waals surface area (Å²) in [4.78, 5) is 4.62. The van der Waals surface area contributed by atoms with Crippen molar-refractivity contribution in [3.8, 4) is 0 Å². The lowest BCUT2D eigenvalue weighted by molar-refractivity contribution is -0.745. The number of aryl methyl sites for hydroxylation is 1. The molecule has 0 fully saturated rings. The smallest absolute Gasteiger partial charge is 0.204 e. The van der Waals surface area contributed by atoms with Gasteiger partial charge in [-0.1, -0.05) is 86.7 Å². The maximum atomic E-state index is 11.7. The van der Waals surface area contributed by atoms with Crippen LogP contribution in [-0.2, 0) is 39.5 Å². The van der Waals surface area contributed by atoms with Gasteiger partial charge < -0.3 is 0 Å². The summed E-state index contributed by atoms with van der Waals surface area (Å²) in [5.41, 5.74) is 0.910. The second kappa shape index (κ2) is 15.8. The monoisotopic (exact) mass is 420 g/mol. The molecule has 0 amide bonds. The Morgan fingerprint density at radius 1 is 0.714 bits per heavy atom. The lowest BCUT2D eigenvalue weighted by atomic mass is 10.1. The van der Waals surface area contributed by atoms with E-state index in [-0.39, 0.29) is 4.90 Å². The predicted octanol–water partition coefficient (Wildman–Crippen LogP) is 5.28. The van der Waals surface area contributed by atoms with Gasteiger partial charge >= 0.3 is 10.1 Å². The fraction of sp³-hybridized carbons (Fsp3) is 0.684. The third-order valence-corrected chi connectivity index (χ3v) is 5.22. The average molecular weight is 421 g/mol. The standard InChI is InChI=1S/C19H32O8S/c1-3-4-5-6-7-8-9-10-11-12-17-22-23-24-25-26-27-28(20,21)19-15-13-18(2)14-16-19/h13-16H,3-12,17H2,1-2H3. The Morgan fingerprint density at radius 2 is 1.25 bits per heavy atom. The van der Waals surface area contributed by atoms with Gasteiger partial charge in [0.25, 0.3) is 0 Å². The Labute approximate surface area is 167 Å². The van der Waals surface area contributed by atoms with Crippen LogP contribution in [0.2, 0.25) is 0 Å². The molecule has 0 saturated heterocycles. The highest BCUT2D eigenvalue weighted by atomic mass is 32.2. The van der Waals surface area contributed by atoms with Gasteiger partial charge in [-0.25, -0.2) is 4.89 Å². The molecule has 0 aliphatic heterocycles. The largest absolute Gasteiger partial charge is 0.325 e. The Balaban J connectivity index is 1.88. The molecular weight excluding hydrogens is 388 g/mol. The highest BCUT2D eigenvalue weighted by Crippen LogP contribution is 2.14. The molecule has 0 spiro atoms. The highest BCUT2D eigenvalue weighted by molar-refractivity contribution is 7.86. The molecule has 162 valence electrons. The van der Waals surface area contributed by atoms with Gasteiger partial charge in [0.2, 0.25) is 0 Å². The van der Waals surface area contributed by atoms with Crippen LogP contribution in [0.5, 0.6) is 0 Å². The number of hydrogen-bond donors (Lipinski definition) is 0. The van der Waals surface area contributed by atoms with E-state index < -0.39 is 10.1 Å². The minimum Gasteiger partial charge on any atom is -0.204 e. The van der Waals surface area contributed by atoms with Gasteiger partial charge in [0.1, 0.15) is 0 Å². The first-order chi connectivity index (χ1) is 13.6. The van der Waals surface area contributed by atoms with Crippen molar-refractivity contribution in [3.05, 3.63) is 29.8 Å². The van der Waals surface area contributed by atoms with Crippen LogP contribution in [0, 0.1) is 6.92 Å². The molecule has 1 rings (SSSR count). The van der Waals surface area contributed by atoms with Gasteiger partial charge in [-0.2, -0.15) is 8.42 Å². The summed E-state index contributed by atoms with van der Waals surface area (Å²) in [5.74, 6) is 0. The van der Waals surface area contributed by atoms with Crippen LogP contribution in [0.4, 0.5) is 0 Å². The van der Waals surface area contributed by atoms with E-state index in [1.54, 1.807) is 12.1 Å². The summed E-state index contributed by atoms with van der Waals surface area (Å²) in [6.45, 7) is 4.38. The minimum absolute atomic E-state index is 0.0835. The number of benzene rings is 1. The molecule has 8 nitrogen and oxygen atoms in total. The Bertz CT molecular complexity index is 588. The zero-order valence-corrected chi connectivity index (χ0v) is 17.6. The molecule has 0 N–H and O–H groups in total. The molecule has 1 aromatic rings. The van der Waals surface area contributed by atoms with Crippen molar-refractivity contribution in [2.75, 3.05) is 6.61 Å². The van der Waals surface area contributed by atoms with Crippen molar-refractivity contribution >= 4 is 10.1 Å². The van der Waals surface area contributed by atoms with Crippen molar-refractivity contribution in [1.82, 2.24) is 0 Å². The second-order valence-electron chi connectivity index (χ2n) is 6.61. The van der Waals surface area contributed by atoms with Crippen LogP contribution < -0.4 is 0 Å². The van der Waals surface area contributed by atoms with E-state index in [2.05, 4.69) is 31.4 Å². The van der Waals surface area contributed by atoms with Gasteiger partial charge in [-0.05, 0) is 45.6 Å². The quantitative estimate of drug-likeness (QED) is 0.180. The number of unbranched alkanes of at least 4 members (excludes halogenated alkanes) is 9. The van der Waals surface area contributed by atoms with Gasteiger partial charge in [-0.15, -0.1) is 0 Å². The van der Waals surface area contributed by atoms with Gasteiger partial charge in [-0.3, -0.25) is 0 Å². The maximum absolute atomic E-state index is 11.7. The minimum atomic E-state index is -4.12. The van der Waals surface area contributed by atoms with Crippen molar-refractivity contribution in [2.45, 2.75) is 83.0 Å². The molecule has 0 aliphatic rings. The van der Waals surface area contributed by atoms with Crippen molar-refractivity contribution in [3.63, 3.8) is 0 Å². The Hall–Kier alpha value is -1.07. The van der Waals surface area contributed by atoms with Crippen LogP contribution in [0.15, 0.2) is 29.2 Å². The molecule has 1 aromatic carbocycles. The summed E-state index contributed by atoms with van der Waals surface area (Å²) in [6, 6.07) is 6.00. The molecular formula is C19H32O8S. The van der Waals surface area contributed by atoms with Crippen LogP contribution in [0.1, 0.15) is 76.7 Å². The van der Waals surface area contributed by atoms with Crippen molar-refractivity contribution in [2.24, 2.45) is 0 Å². The summed E-state index contributed by atoms with van der Waals surface area (Å²) < 4.78 is 27.6. The van der Waals surface area contributed by atoms with E-state index in [0.717, 1.165) is 24.8 Å². The molecule has 0 bridgehead atoms. The SMILES string of the molecule is CCCCCCCCCCCCOOOOOOS(=O)(=O)c1ccc(C)cc1. The lowest BCUT2D eigenvalue weighted by Crippen LogP contribution is -2.09. The number of hydrogen-bond acceptors (Lipinski definition) is 8. The summed E-state index contributed by atoms with van der Waals surface area (Å²) in [7, 11) is -4.12. The lowest BCUT2D eigenvalue weighted by Gasteiger charge is -2.04. The van der Waals surface area contributed by atoms with Crippen LogP contribution in [0.25, 0.3) is 0 Å². The maximum Gasteiger partial charge on any atom is 0.325 e. The molecule has 0 saturated carbocycles. The zero-order valence-electron chi connectivity index (χ0n) is 16.8. The number of rotatable bonds is 18. The van der Waals surface area contributed by atoms with Gasteiger partial charge in [0, 0.05) is 0 Å². The molecule has 9 heteroatoms. The van der Waals surface area contributed by atoms with E-state index in [1.807, 2.05) is 6.92 Å². The van der Waals surface area contributed by atoms with E-state index >= 15 is 0 Å². The van der Waals surface area contributed by atoms with E-state index in [4.69, 9.17) is 4.89 Å². The normalized spacial score (nSPS) is 11.8. The van der Waals surface area contributed by atoms with Gasteiger partial charge in [0.15, 0.2) is 0 Å². The van der Waals surface area contributed by atoms with Crippen LogP contribution in [-0.4, -0.2) is 15.0 Å². The third-order valence-electron chi connectivity index (χ3n) is 4.14. The Kier molecular flexibility index (Phi) is 14.1. The first-order valence-electron chi connectivity index (χ1n) is 9.85. The summed E-state index contributed by atoms with van der Waals surface area (Å²) in [6.07, 6.45) is 12.1. The molecule has 0 atom stereocenters. The van der Waals surface area contributed by atoms with Crippen molar-refractivity contribution < 1.29 is 37.8 Å². The first kappa shape index (κ1) is 25.0. The van der Waals surface area contributed by atoms with Gasteiger partial charge in [0.05, 0.1) is 11.5 Å². The Morgan fingerprint density at radius 3 is 1.86 bits per heavy atom.